The van der Waals surface area contributed by atoms with Gasteiger partial charge < -0.3 is 35.3 Å². The van der Waals surface area contributed by atoms with E-state index in [4.69, 9.17) is 19.3 Å². The van der Waals surface area contributed by atoms with Crippen molar-refractivity contribution in [1.29, 1.82) is 0 Å². The predicted octanol–water partition coefficient (Wildman–Crippen LogP) is 5.10. The van der Waals surface area contributed by atoms with E-state index in [0.717, 1.165) is 5.56 Å². The lowest BCUT2D eigenvalue weighted by molar-refractivity contribution is 0.140. The van der Waals surface area contributed by atoms with Crippen LogP contribution in [0.2, 0.25) is 0 Å². The first-order valence-corrected chi connectivity index (χ1v) is 13.0. The number of hydrogen-bond acceptors (Lipinski definition) is 10. The highest BCUT2D eigenvalue weighted by molar-refractivity contribution is 5.71. The van der Waals surface area contributed by atoms with Gasteiger partial charge in [-0.25, -0.2) is 28.5 Å². The number of methoxy groups -OCH3 is 3. The highest BCUT2D eigenvalue weighted by Gasteiger charge is 2.22. The van der Waals surface area contributed by atoms with Crippen LogP contribution in [-0.2, 0) is 13.1 Å². The fourth-order valence-electron chi connectivity index (χ4n) is 4.25. The lowest BCUT2D eigenvalue weighted by atomic mass is 10.1. The van der Waals surface area contributed by atoms with E-state index < -0.39 is 23.9 Å². The van der Waals surface area contributed by atoms with Crippen molar-refractivity contribution in [3.63, 3.8) is 0 Å². The summed E-state index contributed by atoms with van der Waals surface area (Å²) >= 11 is 0. The van der Waals surface area contributed by atoms with Gasteiger partial charge >= 0.3 is 6.09 Å². The SMILES string of the molecule is COc1ccc(CNc2cc(Nc3cc(OC)c(-c4cnn(CC(C)(C)NC(=O)O)c4)cn3)nc(C(F)F)n2)c(OC)c1. The van der Waals surface area contributed by atoms with Gasteiger partial charge in [0, 0.05) is 53.8 Å². The van der Waals surface area contributed by atoms with Gasteiger partial charge in [0.2, 0.25) is 0 Å². The van der Waals surface area contributed by atoms with E-state index in [1.807, 2.05) is 0 Å². The Balaban J connectivity index is 1.53. The molecule has 3 aromatic heterocycles. The summed E-state index contributed by atoms with van der Waals surface area (Å²) in [6.07, 6.45) is 0.866. The Morgan fingerprint density at radius 3 is 2.42 bits per heavy atom. The molecule has 13 nitrogen and oxygen atoms in total. The summed E-state index contributed by atoms with van der Waals surface area (Å²) in [6, 6.07) is 8.37. The number of anilines is 3. The molecular formula is C28H32F2N8O5. The number of hydrogen-bond donors (Lipinski definition) is 4. The van der Waals surface area contributed by atoms with Crippen molar-refractivity contribution in [1.82, 2.24) is 30.0 Å². The van der Waals surface area contributed by atoms with Gasteiger partial charge in [0.1, 0.15) is 34.7 Å². The van der Waals surface area contributed by atoms with Gasteiger partial charge in [-0.1, -0.05) is 0 Å². The molecule has 15 heteroatoms. The molecule has 4 N–H and O–H groups in total. The zero-order valence-corrected chi connectivity index (χ0v) is 24.2. The molecular weight excluding hydrogens is 566 g/mol. The molecule has 0 aliphatic rings. The zero-order valence-electron chi connectivity index (χ0n) is 24.2. The third-order valence-electron chi connectivity index (χ3n) is 6.18. The Hall–Kier alpha value is -5.21. The molecule has 0 bridgehead atoms. The fraction of sp³-hybridized carbons (Fsp3) is 0.321. The van der Waals surface area contributed by atoms with E-state index >= 15 is 0 Å². The number of nitrogens with zero attached hydrogens (tertiary/aromatic N) is 5. The van der Waals surface area contributed by atoms with E-state index in [-0.39, 0.29) is 24.7 Å². The third kappa shape index (κ3) is 7.96. The van der Waals surface area contributed by atoms with Gasteiger partial charge in [-0.2, -0.15) is 5.10 Å². The molecule has 0 atom stereocenters. The average molecular weight is 599 g/mol. The second-order valence-electron chi connectivity index (χ2n) is 9.96. The first-order chi connectivity index (χ1) is 20.5. The molecule has 4 rings (SSSR count). The number of rotatable bonds is 13. The Morgan fingerprint density at radius 1 is 1.00 bits per heavy atom. The average Bonchev–Trinajstić information content (AvgIpc) is 3.42. The molecule has 1 aromatic carbocycles. The van der Waals surface area contributed by atoms with Crippen molar-refractivity contribution in [2.45, 2.75) is 38.9 Å². The maximum absolute atomic E-state index is 13.7. The highest BCUT2D eigenvalue weighted by atomic mass is 19.3. The number of ether oxygens (including phenoxy) is 3. The number of pyridine rings is 1. The van der Waals surface area contributed by atoms with Crippen LogP contribution in [0.1, 0.15) is 31.7 Å². The first-order valence-electron chi connectivity index (χ1n) is 13.0. The van der Waals surface area contributed by atoms with Crippen molar-refractivity contribution < 1.29 is 32.9 Å². The fourth-order valence-corrected chi connectivity index (χ4v) is 4.25. The van der Waals surface area contributed by atoms with Crippen LogP contribution < -0.4 is 30.2 Å². The van der Waals surface area contributed by atoms with Crippen molar-refractivity contribution in [2.75, 3.05) is 32.0 Å². The van der Waals surface area contributed by atoms with Crippen LogP contribution in [0.5, 0.6) is 17.2 Å². The minimum absolute atomic E-state index is 0.0952. The standard InChI is InChI=1S/C28H32F2N8O5/c1-28(2,37-27(39)40)15-38-14-17(12-33-38)19-13-32-22(9-21(19)43-5)34-24-10-23(35-26(36-24)25(29)30)31-11-16-6-7-18(41-3)8-20(16)42-4/h6-10,12-14,25,37H,11,15H2,1-5H3,(H,39,40)(H2,31,32,34,35,36). The van der Waals surface area contributed by atoms with Crippen LogP contribution in [0, 0.1) is 0 Å². The first kappa shape index (κ1) is 30.7. The number of alkyl halides is 2. The number of halogens is 2. The minimum atomic E-state index is -2.91. The van der Waals surface area contributed by atoms with Crippen LogP contribution >= 0.6 is 0 Å². The lowest BCUT2D eigenvalue weighted by Gasteiger charge is -2.24. The Morgan fingerprint density at radius 2 is 1.74 bits per heavy atom. The second-order valence-corrected chi connectivity index (χ2v) is 9.96. The number of carboxylic acid groups (broad SMARTS) is 1. The van der Waals surface area contributed by atoms with Crippen molar-refractivity contribution in [3.8, 4) is 28.4 Å². The zero-order chi connectivity index (χ0) is 31.1. The molecule has 0 radical (unpaired) electrons. The summed E-state index contributed by atoms with van der Waals surface area (Å²) in [7, 11) is 4.56. The molecule has 228 valence electrons. The Labute approximate surface area is 246 Å². The van der Waals surface area contributed by atoms with Gasteiger partial charge in [0.25, 0.3) is 6.43 Å². The van der Waals surface area contributed by atoms with E-state index in [1.165, 1.54) is 20.3 Å². The monoisotopic (exact) mass is 598 g/mol. The van der Waals surface area contributed by atoms with E-state index in [0.29, 0.717) is 34.2 Å². The van der Waals surface area contributed by atoms with E-state index in [9.17, 15) is 13.6 Å². The van der Waals surface area contributed by atoms with E-state index in [1.54, 1.807) is 68.5 Å². The lowest BCUT2D eigenvalue weighted by Crippen LogP contribution is -2.46. The number of amides is 1. The van der Waals surface area contributed by atoms with Crippen LogP contribution in [0.15, 0.2) is 48.9 Å². The quantitative estimate of drug-likeness (QED) is 0.162. The Kier molecular flexibility index (Phi) is 9.42. The van der Waals surface area contributed by atoms with Crippen LogP contribution in [0.3, 0.4) is 0 Å². The maximum Gasteiger partial charge on any atom is 0.405 e. The molecule has 0 unspecified atom stereocenters. The summed E-state index contributed by atoms with van der Waals surface area (Å²) in [4.78, 5) is 23.3. The molecule has 0 spiro atoms. The molecule has 1 amide bonds. The number of benzene rings is 1. The van der Waals surface area contributed by atoms with Gasteiger partial charge in [0.15, 0.2) is 5.82 Å². The highest BCUT2D eigenvalue weighted by Crippen LogP contribution is 2.32. The van der Waals surface area contributed by atoms with Gasteiger partial charge in [-0.15, -0.1) is 0 Å². The molecule has 43 heavy (non-hydrogen) atoms. The third-order valence-corrected chi connectivity index (χ3v) is 6.18. The predicted molar refractivity (Wildman–Crippen MR) is 154 cm³/mol. The minimum Gasteiger partial charge on any atom is -0.497 e. The van der Waals surface area contributed by atoms with Crippen LogP contribution in [-0.4, -0.2) is 62.8 Å². The number of nitrogens with one attached hydrogen (secondary N) is 3. The topological polar surface area (TPSA) is 158 Å². The maximum atomic E-state index is 13.7. The molecule has 0 aliphatic heterocycles. The van der Waals surface area contributed by atoms with Gasteiger partial charge in [-0.05, 0) is 26.0 Å². The summed E-state index contributed by atoms with van der Waals surface area (Å²) in [5, 5.41) is 21.8. The summed E-state index contributed by atoms with van der Waals surface area (Å²) in [5.41, 5.74) is 1.32. The van der Waals surface area contributed by atoms with Gasteiger partial charge in [-0.3, -0.25) is 4.68 Å². The van der Waals surface area contributed by atoms with Crippen molar-refractivity contribution in [3.05, 3.63) is 60.3 Å². The normalized spacial score (nSPS) is 11.3. The van der Waals surface area contributed by atoms with Crippen molar-refractivity contribution >= 4 is 23.5 Å². The van der Waals surface area contributed by atoms with Crippen LogP contribution in [0.4, 0.5) is 31.0 Å². The number of carbonyl (C=O) groups is 1. The van der Waals surface area contributed by atoms with Crippen LogP contribution in [0.25, 0.3) is 11.1 Å². The largest absolute Gasteiger partial charge is 0.497 e. The van der Waals surface area contributed by atoms with Gasteiger partial charge in [0.05, 0.1) is 39.6 Å². The molecule has 4 aromatic rings. The summed E-state index contributed by atoms with van der Waals surface area (Å²) in [6.45, 7) is 4.02. The molecule has 0 saturated heterocycles. The van der Waals surface area contributed by atoms with Crippen molar-refractivity contribution in [2.24, 2.45) is 0 Å². The molecule has 0 aliphatic carbocycles. The molecule has 3 heterocycles. The smallest absolute Gasteiger partial charge is 0.405 e. The summed E-state index contributed by atoms with van der Waals surface area (Å²) in [5.74, 6) is 1.52. The second kappa shape index (κ2) is 13.2. The molecule has 0 saturated carbocycles. The molecule has 0 fully saturated rings. The number of aromatic nitrogens is 5. The Bertz CT molecular complexity index is 1580. The van der Waals surface area contributed by atoms with E-state index in [2.05, 4.69) is 36.0 Å². The summed E-state index contributed by atoms with van der Waals surface area (Å²) < 4.78 is 45.1.